The fraction of sp³-hybridized carbons (Fsp3) is 0. The summed E-state index contributed by atoms with van der Waals surface area (Å²) in [4.78, 5) is 11.6. The van der Waals surface area contributed by atoms with E-state index >= 15 is 0 Å². The molecule has 2 N–H and O–H groups in total. The standard InChI is InChI=1S/C13H10O3S.Zn/c14-12-7-9(13(15)16)3-6-11(12)8-1-4-10(17)5-2-8;/h1-7,14,17H,(H,15,16);. The zero-order valence-corrected chi connectivity index (χ0v) is 13.4. The molecule has 0 spiro atoms. The summed E-state index contributed by atoms with van der Waals surface area (Å²) in [5, 5.41) is 18.6. The van der Waals surface area contributed by atoms with Gasteiger partial charge < -0.3 is 10.2 Å². The fourth-order valence-electron chi connectivity index (χ4n) is 1.55. The normalized spacial score (nSPS) is 9.61. The summed E-state index contributed by atoms with van der Waals surface area (Å²) in [5.41, 5.74) is 1.48. The third-order valence-electron chi connectivity index (χ3n) is 2.42. The van der Waals surface area contributed by atoms with Crippen LogP contribution in [0.1, 0.15) is 10.4 Å². The van der Waals surface area contributed by atoms with E-state index < -0.39 is 5.97 Å². The number of carbonyl (C=O) groups is 1. The van der Waals surface area contributed by atoms with Crippen LogP contribution in [0.5, 0.6) is 5.75 Å². The number of hydrogen-bond donors (Lipinski definition) is 3. The van der Waals surface area contributed by atoms with Gasteiger partial charge in [-0.2, -0.15) is 0 Å². The summed E-state index contributed by atoms with van der Waals surface area (Å²) in [6, 6.07) is 11.5. The molecule has 0 aliphatic rings. The van der Waals surface area contributed by atoms with Crippen molar-refractivity contribution in [2.45, 2.75) is 4.90 Å². The number of carboxylic acid groups (broad SMARTS) is 1. The van der Waals surface area contributed by atoms with Crippen LogP contribution >= 0.6 is 12.6 Å². The van der Waals surface area contributed by atoms with Crippen LogP contribution in [0, 0.1) is 0 Å². The van der Waals surface area contributed by atoms with Crippen LogP contribution in [0.15, 0.2) is 47.4 Å². The Balaban J connectivity index is 0.00000162. The van der Waals surface area contributed by atoms with E-state index in [-0.39, 0.29) is 30.8 Å². The van der Waals surface area contributed by atoms with Gasteiger partial charge in [0.05, 0.1) is 5.56 Å². The molecule has 0 saturated carbocycles. The minimum Gasteiger partial charge on any atom is -0.507 e. The number of aromatic carboxylic acids is 1. The van der Waals surface area contributed by atoms with Crippen LogP contribution in [-0.2, 0) is 19.5 Å². The number of benzene rings is 2. The smallest absolute Gasteiger partial charge is 0.335 e. The van der Waals surface area contributed by atoms with Gasteiger partial charge in [0.25, 0.3) is 0 Å². The number of rotatable bonds is 2. The molecular weight excluding hydrogens is 302 g/mol. The molecule has 3 nitrogen and oxygen atoms in total. The van der Waals surface area contributed by atoms with Gasteiger partial charge in [-0.1, -0.05) is 12.1 Å². The number of thiol groups is 1. The van der Waals surface area contributed by atoms with Gasteiger partial charge in [-0.15, -0.1) is 12.6 Å². The third kappa shape index (κ3) is 3.12. The van der Waals surface area contributed by atoms with E-state index in [2.05, 4.69) is 12.6 Å². The Morgan fingerprint density at radius 3 is 2.17 bits per heavy atom. The average molecular weight is 312 g/mol. The molecule has 0 unspecified atom stereocenters. The summed E-state index contributed by atoms with van der Waals surface area (Å²) in [6.07, 6.45) is 0. The van der Waals surface area contributed by atoms with Gasteiger partial charge in [0.15, 0.2) is 0 Å². The van der Waals surface area contributed by atoms with Crippen molar-refractivity contribution < 1.29 is 34.5 Å². The average Bonchev–Trinajstić information content (AvgIpc) is 2.30. The first-order chi connectivity index (χ1) is 8.08. The van der Waals surface area contributed by atoms with Crippen molar-refractivity contribution in [3.63, 3.8) is 0 Å². The van der Waals surface area contributed by atoms with Gasteiger partial charge in [0.2, 0.25) is 0 Å². The quantitative estimate of drug-likeness (QED) is 0.590. The summed E-state index contributed by atoms with van der Waals surface area (Å²) in [7, 11) is 0. The van der Waals surface area contributed by atoms with Crippen molar-refractivity contribution in [1.29, 1.82) is 0 Å². The monoisotopic (exact) mass is 310 g/mol. The molecule has 0 aliphatic carbocycles. The van der Waals surface area contributed by atoms with Crippen molar-refractivity contribution >= 4 is 18.6 Å². The summed E-state index contributed by atoms with van der Waals surface area (Å²) in [5.74, 6) is -1.10. The summed E-state index contributed by atoms with van der Waals surface area (Å²) in [6.45, 7) is 0. The van der Waals surface area contributed by atoms with Crippen LogP contribution in [0.25, 0.3) is 11.1 Å². The van der Waals surface area contributed by atoms with E-state index in [9.17, 15) is 9.90 Å². The minimum atomic E-state index is -1.06. The first kappa shape index (κ1) is 14.7. The van der Waals surface area contributed by atoms with Crippen LogP contribution in [0.2, 0.25) is 0 Å². The Kier molecular flexibility index (Phi) is 4.94. The van der Waals surface area contributed by atoms with Gasteiger partial charge in [-0.05, 0) is 35.9 Å². The number of carboxylic acids is 1. The Hall–Kier alpha value is -1.32. The molecule has 5 heteroatoms. The molecule has 0 amide bonds. The van der Waals surface area contributed by atoms with Gasteiger partial charge in [0.1, 0.15) is 5.75 Å². The Bertz CT molecular complexity index is 567. The molecule has 2 aromatic carbocycles. The first-order valence-corrected chi connectivity index (χ1v) is 5.38. The molecule has 18 heavy (non-hydrogen) atoms. The first-order valence-electron chi connectivity index (χ1n) is 4.93. The second-order valence-electron chi connectivity index (χ2n) is 3.58. The zero-order chi connectivity index (χ0) is 12.4. The second-order valence-corrected chi connectivity index (χ2v) is 4.10. The predicted octanol–water partition coefficient (Wildman–Crippen LogP) is 3.04. The van der Waals surface area contributed by atoms with Crippen molar-refractivity contribution in [3.05, 3.63) is 48.0 Å². The summed E-state index contributed by atoms with van der Waals surface area (Å²) < 4.78 is 0. The Morgan fingerprint density at radius 1 is 1.06 bits per heavy atom. The Labute approximate surface area is 123 Å². The number of phenols is 1. The molecule has 2 rings (SSSR count). The van der Waals surface area contributed by atoms with Crippen molar-refractivity contribution in [2.75, 3.05) is 0 Å². The largest absolute Gasteiger partial charge is 0.507 e. The fourth-order valence-corrected chi connectivity index (χ4v) is 1.70. The second kappa shape index (κ2) is 6.03. The Morgan fingerprint density at radius 2 is 1.67 bits per heavy atom. The van der Waals surface area contributed by atoms with Gasteiger partial charge in [-0.3, -0.25) is 0 Å². The molecule has 0 bridgehead atoms. The molecule has 0 aromatic heterocycles. The minimum absolute atomic E-state index is 0. The predicted molar refractivity (Wildman–Crippen MR) is 67.8 cm³/mol. The van der Waals surface area contributed by atoms with E-state index in [0.29, 0.717) is 5.56 Å². The zero-order valence-electron chi connectivity index (χ0n) is 9.50. The molecule has 0 heterocycles. The number of aromatic hydroxyl groups is 1. The van der Waals surface area contributed by atoms with E-state index in [1.165, 1.54) is 12.1 Å². The number of phenolic OH excluding ortho intramolecular Hbond substituents is 1. The molecule has 0 aliphatic heterocycles. The van der Waals surface area contributed by atoms with E-state index in [4.69, 9.17) is 5.11 Å². The van der Waals surface area contributed by atoms with E-state index in [1.54, 1.807) is 6.07 Å². The maximum atomic E-state index is 10.7. The SMILES string of the molecule is O=C(O)c1ccc(-c2ccc(S)cc2)c(O)c1.[Zn]. The van der Waals surface area contributed by atoms with Crippen molar-refractivity contribution in [2.24, 2.45) is 0 Å². The molecule has 0 atom stereocenters. The van der Waals surface area contributed by atoms with Crippen molar-refractivity contribution in [1.82, 2.24) is 0 Å². The van der Waals surface area contributed by atoms with Gasteiger partial charge >= 0.3 is 5.97 Å². The summed E-state index contributed by atoms with van der Waals surface area (Å²) >= 11 is 4.17. The van der Waals surface area contributed by atoms with E-state index in [1.807, 2.05) is 24.3 Å². The van der Waals surface area contributed by atoms with Gasteiger partial charge in [0, 0.05) is 29.9 Å². The van der Waals surface area contributed by atoms with Crippen LogP contribution in [0.3, 0.4) is 0 Å². The molecule has 0 fully saturated rings. The van der Waals surface area contributed by atoms with Gasteiger partial charge in [-0.25, -0.2) is 4.79 Å². The molecule has 0 saturated heterocycles. The van der Waals surface area contributed by atoms with Crippen LogP contribution in [-0.4, -0.2) is 16.2 Å². The topological polar surface area (TPSA) is 57.5 Å². The maximum Gasteiger partial charge on any atom is 0.335 e. The third-order valence-corrected chi connectivity index (χ3v) is 2.72. The number of hydrogen-bond acceptors (Lipinski definition) is 3. The molecular formula is C13H10O3SZn. The molecule has 2 aromatic rings. The maximum absolute atomic E-state index is 10.7. The van der Waals surface area contributed by atoms with E-state index in [0.717, 1.165) is 10.5 Å². The van der Waals surface area contributed by atoms with Crippen LogP contribution < -0.4 is 0 Å². The van der Waals surface area contributed by atoms with Crippen LogP contribution in [0.4, 0.5) is 0 Å². The molecule has 88 valence electrons. The molecule has 0 radical (unpaired) electrons. The van der Waals surface area contributed by atoms with Crippen molar-refractivity contribution in [3.8, 4) is 16.9 Å².